The molecule has 0 atom stereocenters. The van der Waals surface area contributed by atoms with E-state index in [1.165, 1.54) is 6.07 Å². The van der Waals surface area contributed by atoms with E-state index >= 15 is 0 Å². The summed E-state index contributed by atoms with van der Waals surface area (Å²) in [6, 6.07) is 17.9. The van der Waals surface area contributed by atoms with Crippen LogP contribution in [-0.4, -0.2) is 27.8 Å². The molecule has 0 aliphatic carbocycles. The number of nitrogens with one attached hydrogen (secondary N) is 2. The summed E-state index contributed by atoms with van der Waals surface area (Å²) in [5.74, 6) is 0.409. The molecule has 0 radical (unpaired) electrons. The molecule has 0 aliphatic rings. The summed E-state index contributed by atoms with van der Waals surface area (Å²) in [6.07, 6.45) is 1.84. The summed E-state index contributed by atoms with van der Waals surface area (Å²) in [5.41, 5.74) is 2.74. The van der Waals surface area contributed by atoms with Gasteiger partial charge < -0.3 is 15.0 Å². The van der Waals surface area contributed by atoms with Gasteiger partial charge >= 0.3 is 0 Å². The molecular formula is C21H18N4O3. The first-order chi connectivity index (χ1) is 13.6. The van der Waals surface area contributed by atoms with E-state index in [-0.39, 0.29) is 18.0 Å². The molecule has 7 nitrogen and oxygen atoms in total. The molecule has 0 saturated carbocycles. The van der Waals surface area contributed by atoms with Crippen LogP contribution < -0.4 is 15.6 Å². The van der Waals surface area contributed by atoms with E-state index in [0.29, 0.717) is 11.4 Å². The highest BCUT2D eigenvalue weighted by atomic mass is 16.5. The number of benzene rings is 2. The molecule has 2 aromatic heterocycles. The van der Waals surface area contributed by atoms with Crippen molar-refractivity contribution in [1.82, 2.24) is 14.8 Å². The Kier molecular flexibility index (Phi) is 4.63. The van der Waals surface area contributed by atoms with Gasteiger partial charge in [-0.3, -0.25) is 9.59 Å². The number of aromatic nitrogens is 3. The third kappa shape index (κ3) is 3.64. The van der Waals surface area contributed by atoms with Crippen molar-refractivity contribution >= 4 is 22.5 Å². The SMILES string of the molecule is COc1ccc(-c2ccc(=O)n(CC(=O)Nc3ccc4[nH]ccc4c3)n2)cc1. The molecule has 4 rings (SSSR count). The van der Waals surface area contributed by atoms with Crippen LogP contribution in [0.1, 0.15) is 0 Å². The largest absolute Gasteiger partial charge is 0.497 e. The summed E-state index contributed by atoms with van der Waals surface area (Å²) in [5, 5.41) is 8.12. The van der Waals surface area contributed by atoms with Gasteiger partial charge in [0.25, 0.3) is 5.56 Å². The first-order valence-electron chi connectivity index (χ1n) is 8.72. The molecule has 2 aromatic carbocycles. The Bertz CT molecular complexity index is 1190. The third-order valence-corrected chi connectivity index (χ3v) is 4.38. The van der Waals surface area contributed by atoms with Crippen LogP contribution in [0, 0.1) is 0 Å². The van der Waals surface area contributed by atoms with Crippen LogP contribution in [0.15, 0.2) is 71.7 Å². The normalized spacial score (nSPS) is 10.8. The van der Waals surface area contributed by atoms with Crippen LogP contribution in [0.3, 0.4) is 0 Å². The van der Waals surface area contributed by atoms with Crippen LogP contribution >= 0.6 is 0 Å². The van der Waals surface area contributed by atoms with Gasteiger partial charge in [0.15, 0.2) is 0 Å². The van der Waals surface area contributed by atoms with E-state index in [1.54, 1.807) is 19.2 Å². The number of ether oxygens (including phenoxy) is 1. The van der Waals surface area contributed by atoms with Crippen molar-refractivity contribution in [2.45, 2.75) is 6.54 Å². The molecular weight excluding hydrogens is 356 g/mol. The molecule has 2 heterocycles. The first-order valence-corrected chi connectivity index (χ1v) is 8.72. The predicted molar refractivity (Wildman–Crippen MR) is 107 cm³/mol. The number of H-pyrrole nitrogens is 1. The predicted octanol–water partition coefficient (Wildman–Crippen LogP) is 3.04. The fraction of sp³-hybridized carbons (Fsp3) is 0.0952. The average molecular weight is 374 g/mol. The maximum Gasteiger partial charge on any atom is 0.267 e. The second-order valence-electron chi connectivity index (χ2n) is 6.27. The molecule has 0 aliphatic heterocycles. The van der Waals surface area contributed by atoms with Crippen molar-refractivity contribution < 1.29 is 9.53 Å². The van der Waals surface area contributed by atoms with Gasteiger partial charge in [-0.1, -0.05) is 0 Å². The molecule has 2 N–H and O–H groups in total. The van der Waals surface area contributed by atoms with Crippen LogP contribution in [0.4, 0.5) is 5.69 Å². The van der Waals surface area contributed by atoms with Crippen molar-refractivity contribution in [3.63, 3.8) is 0 Å². The van der Waals surface area contributed by atoms with Crippen molar-refractivity contribution in [1.29, 1.82) is 0 Å². The topological polar surface area (TPSA) is 89.0 Å². The van der Waals surface area contributed by atoms with E-state index in [1.807, 2.05) is 48.7 Å². The molecule has 28 heavy (non-hydrogen) atoms. The second-order valence-corrected chi connectivity index (χ2v) is 6.27. The Hall–Kier alpha value is -3.87. The first kappa shape index (κ1) is 17.5. The molecule has 140 valence electrons. The van der Waals surface area contributed by atoms with E-state index in [4.69, 9.17) is 4.74 Å². The van der Waals surface area contributed by atoms with Crippen molar-refractivity contribution in [3.05, 3.63) is 77.2 Å². The van der Waals surface area contributed by atoms with Crippen LogP contribution in [0.25, 0.3) is 22.2 Å². The Balaban J connectivity index is 1.53. The summed E-state index contributed by atoms with van der Waals surface area (Å²) >= 11 is 0. The number of carbonyl (C=O) groups excluding carboxylic acids is 1. The molecule has 0 bridgehead atoms. The maximum absolute atomic E-state index is 12.4. The number of hydrogen-bond donors (Lipinski definition) is 2. The summed E-state index contributed by atoms with van der Waals surface area (Å²) in [4.78, 5) is 27.6. The minimum absolute atomic E-state index is 0.173. The lowest BCUT2D eigenvalue weighted by Gasteiger charge is -2.09. The number of fused-ring (bicyclic) bond motifs is 1. The van der Waals surface area contributed by atoms with E-state index in [9.17, 15) is 9.59 Å². The average Bonchev–Trinajstić information content (AvgIpc) is 3.17. The van der Waals surface area contributed by atoms with Gasteiger partial charge in [-0.15, -0.1) is 0 Å². The zero-order valence-corrected chi connectivity index (χ0v) is 15.2. The lowest BCUT2D eigenvalue weighted by atomic mass is 10.1. The fourth-order valence-electron chi connectivity index (χ4n) is 2.95. The molecule has 0 fully saturated rings. The number of nitrogens with zero attached hydrogens (tertiary/aromatic N) is 2. The van der Waals surface area contributed by atoms with Gasteiger partial charge in [0.05, 0.1) is 12.8 Å². The number of carbonyl (C=O) groups is 1. The summed E-state index contributed by atoms with van der Waals surface area (Å²) in [7, 11) is 1.60. The minimum atomic E-state index is -0.339. The van der Waals surface area contributed by atoms with Gasteiger partial charge in [0.1, 0.15) is 12.3 Å². The van der Waals surface area contributed by atoms with Gasteiger partial charge in [0, 0.05) is 34.4 Å². The van der Waals surface area contributed by atoms with Crippen molar-refractivity contribution in [2.24, 2.45) is 0 Å². The van der Waals surface area contributed by atoms with Crippen molar-refractivity contribution in [3.8, 4) is 17.0 Å². The second kappa shape index (κ2) is 7.40. The highest BCUT2D eigenvalue weighted by molar-refractivity contribution is 5.93. The molecule has 7 heteroatoms. The van der Waals surface area contributed by atoms with E-state index in [0.717, 1.165) is 26.9 Å². The Morgan fingerprint density at radius 3 is 2.71 bits per heavy atom. The monoisotopic (exact) mass is 374 g/mol. The molecule has 0 unspecified atom stereocenters. The Morgan fingerprint density at radius 2 is 1.93 bits per heavy atom. The number of methoxy groups -OCH3 is 1. The number of amides is 1. The summed E-state index contributed by atoms with van der Waals surface area (Å²) < 4.78 is 6.30. The quantitative estimate of drug-likeness (QED) is 0.562. The van der Waals surface area contributed by atoms with Crippen molar-refractivity contribution in [2.75, 3.05) is 12.4 Å². The van der Waals surface area contributed by atoms with E-state index < -0.39 is 0 Å². The lowest BCUT2D eigenvalue weighted by Crippen LogP contribution is -2.29. The van der Waals surface area contributed by atoms with Gasteiger partial charge in [-0.2, -0.15) is 5.10 Å². The van der Waals surface area contributed by atoms with Crippen LogP contribution in [0.2, 0.25) is 0 Å². The highest BCUT2D eigenvalue weighted by Crippen LogP contribution is 2.20. The Morgan fingerprint density at radius 1 is 1.11 bits per heavy atom. The molecule has 0 spiro atoms. The standard InChI is InChI=1S/C21H18N4O3/c1-28-17-5-2-14(3-6-17)19-8-9-21(27)25(24-19)13-20(26)23-16-4-7-18-15(12-16)10-11-22-18/h2-12,22H,13H2,1H3,(H,23,26). The minimum Gasteiger partial charge on any atom is -0.497 e. The molecule has 0 saturated heterocycles. The number of rotatable bonds is 5. The van der Waals surface area contributed by atoms with Gasteiger partial charge in [0.2, 0.25) is 5.91 Å². The number of aromatic amines is 1. The number of hydrogen-bond acceptors (Lipinski definition) is 4. The molecule has 1 amide bonds. The number of anilines is 1. The van der Waals surface area contributed by atoms with Gasteiger partial charge in [-0.25, -0.2) is 4.68 Å². The van der Waals surface area contributed by atoms with Crippen LogP contribution in [-0.2, 0) is 11.3 Å². The summed E-state index contributed by atoms with van der Waals surface area (Å²) in [6.45, 7) is -0.173. The highest BCUT2D eigenvalue weighted by Gasteiger charge is 2.09. The fourth-order valence-corrected chi connectivity index (χ4v) is 2.95. The Labute approximate surface area is 160 Å². The zero-order valence-electron chi connectivity index (χ0n) is 15.2. The third-order valence-electron chi connectivity index (χ3n) is 4.38. The lowest BCUT2D eigenvalue weighted by molar-refractivity contribution is -0.117. The smallest absolute Gasteiger partial charge is 0.267 e. The van der Waals surface area contributed by atoms with Gasteiger partial charge in [-0.05, 0) is 54.6 Å². The zero-order chi connectivity index (χ0) is 19.5. The molecule has 4 aromatic rings. The maximum atomic E-state index is 12.4. The van der Waals surface area contributed by atoms with Crippen LogP contribution in [0.5, 0.6) is 5.75 Å². The van der Waals surface area contributed by atoms with E-state index in [2.05, 4.69) is 15.4 Å².